The number of amides is 3. The van der Waals surface area contributed by atoms with Crippen LogP contribution in [0.5, 0.6) is 5.75 Å². The number of benzene rings is 2. The van der Waals surface area contributed by atoms with Gasteiger partial charge in [0.05, 0.1) is 14.2 Å². The second-order valence-corrected chi connectivity index (χ2v) is 7.62. The lowest BCUT2D eigenvalue weighted by atomic mass is 9.93. The maximum atomic E-state index is 13.0. The van der Waals surface area contributed by atoms with Crippen LogP contribution in [0.1, 0.15) is 24.5 Å². The average molecular weight is 382 g/mol. The van der Waals surface area contributed by atoms with Crippen LogP contribution in [0, 0.1) is 0 Å². The van der Waals surface area contributed by atoms with Crippen LogP contribution in [0.3, 0.4) is 0 Å². The van der Waals surface area contributed by atoms with Crippen LogP contribution in [0.2, 0.25) is 0 Å². The first-order valence-electron chi connectivity index (χ1n) is 9.53. The number of aryl methyl sites for hydroxylation is 1. The number of rotatable bonds is 8. The summed E-state index contributed by atoms with van der Waals surface area (Å²) in [7, 11) is 3.62. The number of ether oxygens (including phenoxy) is 1. The molecule has 3 amide bonds. The normalized spacial score (nSPS) is 20.2. The molecular weight excluding hydrogens is 354 g/mol. The summed E-state index contributed by atoms with van der Waals surface area (Å²) in [6, 6.07) is 17.5. The Labute approximate surface area is 166 Å². The second-order valence-electron chi connectivity index (χ2n) is 7.62. The highest BCUT2D eigenvalue weighted by molar-refractivity contribution is 6.06. The molecule has 1 aliphatic heterocycles. The quantitative estimate of drug-likeness (QED) is 0.682. The number of nitrogens with zero attached hydrogens (tertiary/aromatic N) is 1. The van der Waals surface area contributed by atoms with Crippen LogP contribution in [0.25, 0.3) is 0 Å². The molecule has 0 saturated carbocycles. The van der Waals surface area contributed by atoms with E-state index in [0.717, 1.165) is 22.8 Å². The summed E-state index contributed by atoms with van der Waals surface area (Å²) in [6.45, 7) is 2.90. The van der Waals surface area contributed by atoms with Crippen molar-refractivity contribution in [3.63, 3.8) is 0 Å². The Hall–Kier alpha value is -2.86. The standard InChI is InChI=1S/C22H27N3O3/c1-22(14-13-17-9-11-19(28-3)12-10-17)20(26)25(21(27)23-22)16-24(2)15-18-7-5-4-6-8-18/h4-12H,13-16H2,1-3H3,(H,23,27)/p+1/t22-/m1/s1. The molecule has 2 aromatic rings. The number of hydrogen-bond donors (Lipinski definition) is 2. The summed E-state index contributed by atoms with van der Waals surface area (Å²) in [4.78, 5) is 27.8. The first-order chi connectivity index (χ1) is 13.4. The number of carbonyl (C=O) groups is 2. The van der Waals surface area contributed by atoms with Gasteiger partial charge in [0.15, 0.2) is 6.67 Å². The summed E-state index contributed by atoms with van der Waals surface area (Å²) in [6.07, 6.45) is 1.26. The molecule has 6 heteroatoms. The highest BCUT2D eigenvalue weighted by Crippen LogP contribution is 2.23. The van der Waals surface area contributed by atoms with Gasteiger partial charge in [-0.3, -0.25) is 4.79 Å². The van der Waals surface area contributed by atoms with Crippen molar-refractivity contribution in [1.29, 1.82) is 0 Å². The minimum absolute atomic E-state index is 0.154. The van der Waals surface area contributed by atoms with Crippen molar-refractivity contribution in [3.8, 4) is 5.75 Å². The Morgan fingerprint density at radius 3 is 2.36 bits per heavy atom. The molecule has 3 rings (SSSR count). The van der Waals surface area contributed by atoms with E-state index in [0.29, 0.717) is 19.5 Å². The van der Waals surface area contributed by atoms with Crippen molar-refractivity contribution in [2.75, 3.05) is 20.8 Å². The van der Waals surface area contributed by atoms with E-state index in [9.17, 15) is 9.59 Å². The molecular formula is C22H28N3O3+. The molecule has 0 aliphatic carbocycles. The number of urea groups is 1. The largest absolute Gasteiger partial charge is 0.497 e. The van der Waals surface area contributed by atoms with Gasteiger partial charge in [-0.2, -0.15) is 0 Å². The van der Waals surface area contributed by atoms with E-state index in [1.165, 1.54) is 10.5 Å². The molecule has 1 aliphatic rings. The molecule has 1 saturated heterocycles. The molecule has 0 spiro atoms. The molecule has 1 unspecified atom stereocenters. The van der Waals surface area contributed by atoms with Gasteiger partial charge in [-0.05, 0) is 37.5 Å². The Bertz CT molecular complexity index is 823. The van der Waals surface area contributed by atoms with E-state index < -0.39 is 5.54 Å². The van der Waals surface area contributed by atoms with Crippen molar-refractivity contribution in [2.24, 2.45) is 0 Å². The highest BCUT2D eigenvalue weighted by atomic mass is 16.5. The molecule has 28 heavy (non-hydrogen) atoms. The van der Waals surface area contributed by atoms with Crippen molar-refractivity contribution in [1.82, 2.24) is 10.2 Å². The van der Waals surface area contributed by atoms with E-state index in [-0.39, 0.29) is 11.9 Å². The molecule has 0 radical (unpaired) electrons. The number of hydrogen-bond acceptors (Lipinski definition) is 3. The summed E-state index contributed by atoms with van der Waals surface area (Å²) in [5.74, 6) is 0.647. The van der Waals surface area contributed by atoms with E-state index in [4.69, 9.17) is 4.74 Å². The fraction of sp³-hybridized carbons (Fsp3) is 0.364. The summed E-state index contributed by atoms with van der Waals surface area (Å²) in [5.41, 5.74) is 1.41. The van der Waals surface area contributed by atoms with Gasteiger partial charge in [-0.25, -0.2) is 9.69 Å². The second kappa shape index (κ2) is 8.44. The average Bonchev–Trinajstić information content (AvgIpc) is 2.91. The van der Waals surface area contributed by atoms with Gasteiger partial charge in [-0.15, -0.1) is 0 Å². The first-order valence-corrected chi connectivity index (χ1v) is 9.53. The third-order valence-corrected chi connectivity index (χ3v) is 5.19. The Morgan fingerprint density at radius 1 is 1.04 bits per heavy atom. The lowest BCUT2D eigenvalue weighted by Gasteiger charge is -2.23. The van der Waals surface area contributed by atoms with Gasteiger partial charge < -0.3 is 15.0 Å². The summed E-state index contributed by atoms with van der Waals surface area (Å²) < 4.78 is 5.17. The van der Waals surface area contributed by atoms with Gasteiger partial charge in [0, 0.05) is 5.56 Å². The zero-order valence-electron chi connectivity index (χ0n) is 16.7. The number of methoxy groups -OCH3 is 1. The van der Waals surface area contributed by atoms with Crippen molar-refractivity contribution in [3.05, 3.63) is 65.7 Å². The van der Waals surface area contributed by atoms with Crippen molar-refractivity contribution >= 4 is 11.9 Å². The highest BCUT2D eigenvalue weighted by Gasteiger charge is 2.48. The van der Waals surface area contributed by atoms with E-state index in [2.05, 4.69) is 5.32 Å². The minimum Gasteiger partial charge on any atom is -0.497 e. The molecule has 0 aromatic heterocycles. The Morgan fingerprint density at radius 2 is 1.71 bits per heavy atom. The van der Waals surface area contributed by atoms with Gasteiger partial charge in [-0.1, -0.05) is 42.5 Å². The maximum Gasteiger partial charge on any atom is 0.329 e. The molecule has 148 valence electrons. The van der Waals surface area contributed by atoms with Crippen LogP contribution < -0.4 is 15.0 Å². The smallest absolute Gasteiger partial charge is 0.329 e. The Kier molecular flexibility index (Phi) is 5.99. The lowest BCUT2D eigenvalue weighted by molar-refractivity contribution is -0.901. The molecule has 0 bridgehead atoms. The van der Waals surface area contributed by atoms with Crippen LogP contribution in [-0.4, -0.2) is 43.2 Å². The van der Waals surface area contributed by atoms with E-state index in [1.54, 1.807) is 7.11 Å². The minimum atomic E-state index is -0.871. The zero-order valence-corrected chi connectivity index (χ0v) is 16.7. The van der Waals surface area contributed by atoms with Crippen LogP contribution in [0.4, 0.5) is 4.79 Å². The fourth-order valence-corrected chi connectivity index (χ4v) is 3.52. The molecule has 6 nitrogen and oxygen atoms in total. The zero-order chi connectivity index (χ0) is 20.1. The third kappa shape index (κ3) is 4.51. The van der Waals surface area contributed by atoms with E-state index >= 15 is 0 Å². The van der Waals surface area contributed by atoms with Crippen LogP contribution in [-0.2, 0) is 17.8 Å². The SMILES string of the molecule is COc1ccc(CC[C@@]2(C)NC(=O)N(C[NH+](C)Cc3ccccc3)C2=O)cc1. The summed E-state index contributed by atoms with van der Waals surface area (Å²) in [5, 5.41) is 2.89. The molecule has 1 heterocycles. The van der Waals surface area contributed by atoms with Gasteiger partial charge >= 0.3 is 6.03 Å². The molecule has 1 fully saturated rings. The van der Waals surface area contributed by atoms with Gasteiger partial charge in [0.25, 0.3) is 5.91 Å². The maximum absolute atomic E-state index is 13.0. The number of quaternary nitrogens is 1. The predicted octanol–water partition coefficient (Wildman–Crippen LogP) is 1.61. The summed E-state index contributed by atoms with van der Waals surface area (Å²) >= 11 is 0. The Balaban J connectivity index is 1.59. The van der Waals surface area contributed by atoms with Crippen molar-refractivity contribution < 1.29 is 19.2 Å². The monoisotopic (exact) mass is 382 g/mol. The van der Waals surface area contributed by atoms with Gasteiger partial charge in [0.1, 0.15) is 17.8 Å². The molecule has 2 atom stereocenters. The fourth-order valence-electron chi connectivity index (χ4n) is 3.52. The van der Waals surface area contributed by atoms with Crippen LogP contribution in [0.15, 0.2) is 54.6 Å². The topological polar surface area (TPSA) is 63.1 Å². The number of carbonyl (C=O) groups excluding carboxylic acids is 2. The number of imide groups is 1. The van der Waals surface area contributed by atoms with Crippen LogP contribution >= 0.6 is 0 Å². The molecule has 2 aromatic carbocycles. The molecule has 2 N–H and O–H groups in total. The van der Waals surface area contributed by atoms with E-state index in [1.807, 2.05) is 68.6 Å². The first kappa shape index (κ1) is 19.9. The lowest BCUT2D eigenvalue weighted by Crippen LogP contribution is -3.09. The van der Waals surface area contributed by atoms with Crippen molar-refractivity contribution in [2.45, 2.75) is 31.8 Å². The van der Waals surface area contributed by atoms with Gasteiger partial charge in [0.2, 0.25) is 0 Å². The predicted molar refractivity (Wildman–Crippen MR) is 107 cm³/mol. The third-order valence-electron chi connectivity index (χ3n) is 5.19. The number of nitrogens with one attached hydrogen (secondary N) is 2.